The van der Waals surface area contributed by atoms with E-state index < -0.39 is 33.8 Å². The van der Waals surface area contributed by atoms with Crippen LogP contribution in [0.25, 0.3) is 0 Å². The highest BCUT2D eigenvalue weighted by molar-refractivity contribution is 7.92. The Hall–Kier alpha value is -3.27. The average molecular weight is 433 g/mol. The molecular weight excluding hydrogens is 413 g/mol. The van der Waals surface area contributed by atoms with Crippen LogP contribution in [0.3, 0.4) is 0 Å². The minimum Gasteiger partial charge on any atom is -0.481 e. The predicted octanol–water partition coefficient (Wildman–Crippen LogP) is 2.74. The van der Waals surface area contributed by atoms with Gasteiger partial charge < -0.3 is 5.11 Å². The fourth-order valence-corrected chi connectivity index (χ4v) is 3.82. The first-order valence-corrected chi connectivity index (χ1v) is 11.0. The predicted molar refractivity (Wildman–Crippen MR) is 109 cm³/mol. The number of halogens is 1. The van der Waals surface area contributed by atoms with Gasteiger partial charge in [-0.15, -0.1) is 0 Å². The number of hydrogen-bond donors (Lipinski definition) is 2. The van der Waals surface area contributed by atoms with E-state index in [9.17, 15) is 22.4 Å². The summed E-state index contributed by atoms with van der Waals surface area (Å²) < 4.78 is 40.3. The number of carboxylic acid groups (broad SMARTS) is 1. The zero-order valence-electron chi connectivity index (χ0n) is 16.1. The highest BCUT2D eigenvalue weighted by Gasteiger charge is 2.35. The average Bonchev–Trinajstić information content (AvgIpc) is 3.10. The molecule has 0 saturated heterocycles. The number of hydrogen-bond acceptors (Lipinski definition) is 5. The van der Waals surface area contributed by atoms with Crippen molar-refractivity contribution >= 4 is 33.3 Å². The first-order valence-electron chi connectivity index (χ1n) is 9.08. The second-order valence-electron chi connectivity index (χ2n) is 6.84. The molecule has 0 bridgehead atoms. The Morgan fingerprint density at radius 1 is 1.17 bits per heavy atom. The van der Waals surface area contributed by atoms with Gasteiger partial charge in [-0.25, -0.2) is 17.8 Å². The van der Waals surface area contributed by atoms with Crippen LogP contribution in [0.15, 0.2) is 53.6 Å². The number of sulfonamides is 1. The maximum Gasteiger partial charge on any atom is 0.303 e. The number of carbonyl (C=O) groups is 2. The first-order chi connectivity index (χ1) is 14.2. The van der Waals surface area contributed by atoms with Crippen molar-refractivity contribution in [3.63, 3.8) is 0 Å². The molecule has 1 aliphatic rings. The van der Waals surface area contributed by atoms with Gasteiger partial charge in [0.1, 0.15) is 5.82 Å². The lowest BCUT2D eigenvalue weighted by molar-refractivity contribution is -0.141. The van der Waals surface area contributed by atoms with Crippen LogP contribution < -0.4 is 4.72 Å². The third-order valence-corrected chi connectivity index (χ3v) is 5.11. The van der Waals surface area contributed by atoms with E-state index in [1.54, 1.807) is 30.3 Å². The molecule has 2 aromatic rings. The van der Waals surface area contributed by atoms with E-state index in [0.29, 0.717) is 11.3 Å². The molecule has 30 heavy (non-hydrogen) atoms. The molecule has 0 radical (unpaired) electrons. The lowest BCUT2D eigenvalue weighted by Gasteiger charge is -2.22. The Bertz CT molecular complexity index is 1120. The van der Waals surface area contributed by atoms with Gasteiger partial charge in [0.25, 0.3) is 0 Å². The van der Waals surface area contributed by atoms with Crippen LogP contribution in [0.1, 0.15) is 36.4 Å². The van der Waals surface area contributed by atoms with Crippen molar-refractivity contribution in [2.75, 3.05) is 11.0 Å². The van der Waals surface area contributed by atoms with E-state index in [2.05, 4.69) is 9.82 Å². The van der Waals surface area contributed by atoms with Crippen molar-refractivity contribution in [3.8, 4) is 0 Å². The van der Waals surface area contributed by atoms with E-state index >= 15 is 0 Å². The van der Waals surface area contributed by atoms with Crippen molar-refractivity contribution in [1.82, 2.24) is 5.01 Å². The number of rotatable bonds is 7. The van der Waals surface area contributed by atoms with Gasteiger partial charge >= 0.3 is 5.97 Å². The van der Waals surface area contributed by atoms with Gasteiger partial charge in [-0.05, 0) is 12.1 Å². The third kappa shape index (κ3) is 5.01. The van der Waals surface area contributed by atoms with Crippen LogP contribution >= 0.6 is 0 Å². The van der Waals surface area contributed by atoms with Crippen molar-refractivity contribution in [3.05, 3.63) is 65.5 Å². The Balaban J connectivity index is 2.01. The van der Waals surface area contributed by atoms with Crippen molar-refractivity contribution in [2.24, 2.45) is 5.10 Å². The quantitative estimate of drug-likeness (QED) is 0.697. The van der Waals surface area contributed by atoms with Crippen molar-refractivity contribution < 1.29 is 27.5 Å². The molecule has 0 aliphatic carbocycles. The van der Waals surface area contributed by atoms with Gasteiger partial charge in [-0.2, -0.15) is 5.10 Å². The van der Waals surface area contributed by atoms with Gasteiger partial charge in [0, 0.05) is 24.0 Å². The monoisotopic (exact) mass is 433 g/mol. The molecule has 1 aliphatic heterocycles. The van der Waals surface area contributed by atoms with Crippen LogP contribution in [0.5, 0.6) is 0 Å². The van der Waals surface area contributed by atoms with E-state index in [-0.39, 0.29) is 30.5 Å². The summed E-state index contributed by atoms with van der Waals surface area (Å²) in [6.45, 7) is 0. The molecule has 0 spiro atoms. The van der Waals surface area contributed by atoms with E-state index in [1.807, 2.05) is 0 Å². The molecule has 1 heterocycles. The zero-order valence-corrected chi connectivity index (χ0v) is 16.9. The molecule has 10 heteroatoms. The van der Waals surface area contributed by atoms with E-state index in [4.69, 9.17) is 5.11 Å². The minimum atomic E-state index is -3.56. The number of amides is 1. The van der Waals surface area contributed by atoms with E-state index in [1.165, 1.54) is 18.2 Å². The molecule has 0 aromatic heterocycles. The minimum absolute atomic E-state index is 0.141. The van der Waals surface area contributed by atoms with Crippen LogP contribution in [-0.2, 0) is 19.6 Å². The number of carboxylic acids is 1. The summed E-state index contributed by atoms with van der Waals surface area (Å²) in [5, 5.41) is 14.3. The lowest BCUT2D eigenvalue weighted by Crippen LogP contribution is -2.28. The Morgan fingerprint density at radius 2 is 1.83 bits per heavy atom. The molecule has 3 rings (SSSR count). The molecule has 8 nitrogen and oxygen atoms in total. The van der Waals surface area contributed by atoms with E-state index in [0.717, 1.165) is 11.3 Å². The summed E-state index contributed by atoms with van der Waals surface area (Å²) in [5.74, 6) is -2.20. The van der Waals surface area contributed by atoms with Gasteiger partial charge in [-0.3, -0.25) is 14.3 Å². The Kier molecular flexibility index (Phi) is 6.16. The molecule has 1 atom stereocenters. The summed E-state index contributed by atoms with van der Waals surface area (Å²) in [5.41, 5.74) is 1.37. The van der Waals surface area contributed by atoms with Gasteiger partial charge in [0.2, 0.25) is 15.9 Å². The van der Waals surface area contributed by atoms with Crippen LogP contribution in [0, 0.1) is 5.82 Å². The second kappa shape index (κ2) is 8.62. The summed E-state index contributed by atoms with van der Waals surface area (Å²) in [7, 11) is -3.56. The number of carbonyl (C=O) groups excluding carboxylic acids is 1. The second-order valence-corrected chi connectivity index (χ2v) is 8.59. The molecule has 2 N–H and O–H groups in total. The number of hydrazone groups is 1. The summed E-state index contributed by atoms with van der Waals surface area (Å²) >= 11 is 0. The molecule has 158 valence electrons. The molecule has 2 aromatic carbocycles. The highest BCUT2D eigenvalue weighted by Crippen LogP contribution is 2.36. The summed E-state index contributed by atoms with van der Waals surface area (Å²) in [6.07, 6.45) is 0.489. The highest BCUT2D eigenvalue weighted by atomic mass is 32.2. The largest absolute Gasteiger partial charge is 0.481 e. The first kappa shape index (κ1) is 21.4. The lowest BCUT2D eigenvalue weighted by atomic mass is 9.97. The number of benzene rings is 2. The number of nitrogens with zero attached hydrogens (tertiary/aromatic N) is 2. The Morgan fingerprint density at radius 3 is 2.50 bits per heavy atom. The normalized spacial score (nSPS) is 16.3. The third-order valence-electron chi connectivity index (χ3n) is 4.52. The topological polar surface area (TPSA) is 116 Å². The van der Waals surface area contributed by atoms with Gasteiger partial charge in [-0.1, -0.05) is 36.4 Å². The van der Waals surface area contributed by atoms with Gasteiger partial charge in [0.15, 0.2) is 0 Å². The number of para-hydroxylation sites is 1. The smallest absolute Gasteiger partial charge is 0.303 e. The number of nitrogens with one attached hydrogen (secondary N) is 1. The fraction of sp³-hybridized carbons (Fsp3) is 0.250. The fourth-order valence-electron chi connectivity index (χ4n) is 3.24. The van der Waals surface area contributed by atoms with Crippen LogP contribution in [0.2, 0.25) is 0 Å². The molecule has 0 fully saturated rings. The van der Waals surface area contributed by atoms with Crippen molar-refractivity contribution in [2.45, 2.75) is 25.3 Å². The van der Waals surface area contributed by atoms with Gasteiger partial charge in [0.05, 0.1) is 30.1 Å². The molecule has 0 saturated carbocycles. The summed E-state index contributed by atoms with van der Waals surface area (Å²) in [4.78, 5) is 23.5. The molecule has 1 unspecified atom stereocenters. The summed E-state index contributed by atoms with van der Waals surface area (Å²) in [6, 6.07) is 11.8. The maximum atomic E-state index is 14.4. The maximum absolute atomic E-state index is 14.4. The molecular formula is C20H20FN3O5S. The zero-order chi connectivity index (χ0) is 21.9. The van der Waals surface area contributed by atoms with Crippen LogP contribution in [-0.4, -0.2) is 42.4 Å². The van der Waals surface area contributed by atoms with Crippen molar-refractivity contribution in [1.29, 1.82) is 0 Å². The SMILES string of the molecule is CS(=O)(=O)Nc1ccccc1C1=NN(C(=O)CCC(=O)O)C(c2ccccc2F)C1. The number of anilines is 1. The number of aliphatic carboxylic acids is 1. The molecule has 1 amide bonds. The van der Waals surface area contributed by atoms with Crippen LogP contribution in [0.4, 0.5) is 10.1 Å². The standard InChI is InChI=1S/C20H20FN3O5S/c1-30(28,29)23-16-9-5-3-7-14(16)17-12-18(13-6-2-4-8-15(13)21)24(22-17)19(25)10-11-20(26)27/h2-9,18,23H,10-12H2,1H3,(H,26,27). The Labute approximate surface area is 173 Å².